The van der Waals surface area contributed by atoms with Crippen LogP contribution in [0.25, 0.3) is 0 Å². The van der Waals surface area contributed by atoms with Crippen molar-refractivity contribution in [3.63, 3.8) is 0 Å². The molecule has 1 unspecified atom stereocenters. The number of amides is 1. The minimum Gasteiger partial charge on any atom is -0.352 e. The standard InChI is InChI=1S/C11H21N3O/c1-14-7-6-12-8-10(14)11(15)13-9-4-2-3-5-9/h9-10,12H,2-8H2,1H3,(H,13,15). The number of likely N-dealkylation sites (N-methyl/N-ethyl adjacent to an activating group) is 1. The molecule has 86 valence electrons. The molecule has 2 fully saturated rings. The lowest BCUT2D eigenvalue weighted by atomic mass is 10.1. The molecular weight excluding hydrogens is 190 g/mol. The van der Waals surface area contributed by atoms with Gasteiger partial charge in [0.2, 0.25) is 5.91 Å². The van der Waals surface area contributed by atoms with E-state index in [2.05, 4.69) is 15.5 Å². The largest absolute Gasteiger partial charge is 0.352 e. The van der Waals surface area contributed by atoms with Gasteiger partial charge in [-0.15, -0.1) is 0 Å². The van der Waals surface area contributed by atoms with Crippen LogP contribution < -0.4 is 10.6 Å². The zero-order chi connectivity index (χ0) is 10.7. The zero-order valence-electron chi connectivity index (χ0n) is 9.46. The van der Waals surface area contributed by atoms with Crippen molar-refractivity contribution in [1.82, 2.24) is 15.5 Å². The van der Waals surface area contributed by atoms with E-state index in [1.807, 2.05) is 7.05 Å². The van der Waals surface area contributed by atoms with Gasteiger partial charge >= 0.3 is 0 Å². The molecule has 2 aliphatic rings. The number of rotatable bonds is 2. The second kappa shape index (κ2) is 4.94. The maximum absolute atomic E-state index is 12.0. The average molecular weight is 211 g/mol. The Morgan fingerprint density at radius 1 is 1.40 bits per heavy atom. The first-order valence-electron chi connectivity index (χ1n) is 5.98. The van der Waals surface area contributed by atoms with Crippen molar-refractivity contribution < 1.29 is 4.79 Å². The molecule has 0 aromatic rings. The van der Waals surface area contributed by atoms with Gasteiger partial charge in [0.25, 0.3) is 0 Å². The number of hydrogen-bond acceptors (Lipinski definition) is 3. The molecule has 2 N–H and O–H groups in total. The lowest BCUT2D eigenvalue weighted by Gasteiger charge is -2.32. The van der Waals surface area contributed by atoms with Crippen LogP contribution in [0.5, 0.6) is 0 Å². The maximum Gasteiger partial charge on any atom is 0.238 e. The molecule has 0 bridgehead atoms. The van der Waals surface area contributed by atoms with E-state index in [0.717, 1.165) is 32.5 Å². The molecule has 0 radical (unpaired) electrons. The van der Waals surface area contributed by atoms with E-state index in [4.69, 9.17) is 0 Å². The summed E-state index contributed by atoms with van der Waals surface area (Å²) in [6.07, 6.45) is 4.86. The van der Waals surface area contributed by atoms with Crippen LogP contribution in [0, 0.1) is 0 Å². The molecule has 4 heteroatoms. The number of piperazine rings is 1. The van der Waals surface area contributed by atoms with Crippen molar-refractivity contribution in [1.29, 1.82) is 0 Å². The summed E-state index contributed by atoms with van der Waals surface area (Å²) in [6.45, 7) is 2.74. The van der Waals surface area contributed by atoms with Crippen molar-refractivity contribution >= 4 is 5.91 Å². The third-order valence-corrected chi connectivity index (χ3v) is 3.52. The van der Waals surface area contributed by atoms with E-state index in [1.54, 1.807) is 0 Å². The lowest BCUT2D eigenvalue weighted by molar-refractivity contribution is -0.127. The van der Waals surface area contributed by atoms with E-state index in [0.29, 0.717) is 6.04 Å². The van der Waals surface area contributed by atoms with Crippen molar-refractivity contribution in [2.45, 2.75) is 37.8 Å². The molecule has 0 aromatic heterocycles. The zero-order valence-corrected chi connectivity index (χ0v) is 9.46. The molecule has 1 amide bonds. The Bertz CT molecular complexity index is 226. The van der Waals surface area contributed by atoms with E-state index < -0.39 is 0 Å². The van der Waals surface area contributed by atoms with Gasteiger partial charge in [-0.3, -0.25) is 9.69 Å². The molecule has 4 nitrogen and oxygen atoms in total. The molecule has 2 rings (SSSR count). The van der Waals surface area contributed by atoms with Gasteiger partial charge in [0.05, 0.1) is 0 Å². The first-order valence-corrected chi connectivity index (χ1v) is 5.98. The van der Waals surface area contributed by atoms with Crippen LogP contribution in [0.3, 0.4) is 0 Å². The van der Waals surface area contributed by atoms with E-state index in [9.17, 15) is 4.79 Å². The Labute approximate surface area is 91.4 Å². The Morgan fingerprint density at radius 2 is 2.13 bits per heavy atom. The number of nitrogens with zero attached hydrogens (tertiary/aromatic N) is 1. The minimum absolute atomic E-state index is 0.0272. The van der Waals surface area contributed by atoms with E-state index in [-0.39, 0.29) is 11.9 Å². The first-order chi connectivity index (χ1) is 7.27. The third kappa shape index (κ3) is 2.69. The molecule has 0 aromatic carbocycles. The van der Waals surface area contributed by atoms with Crippen LogP contribution in [0.15, 0.2) is 0 Å². The number of hydrogen-bond donors (Lipinski definition) is 2. The lowest BCUT2D eigenvalue weighted by Crippen LogP contribution is -2.57. The summed E-state index contributed by atoms with van der Waals surface area (Å²) < 4.78 is 0. The van der Waals surface area contributed by atoms with Gasteiger partial charge in [0.1, 0.15) is 6.04 Å². The van der Waals surface area contributed by atoms with Gasteiger partial charge in [-0.25, -0.2) is 0 Å². The van der Waals surface area contributed by atoms with Crippen molar-refractivity contribution in [3.05, 3.63) is 0 Å². The quantitative estimate of drug-likeness (QED) is 0.673. The molecular formula is C11H21N3O. The van der Waals surface area contributed by atoms with Crippen molar-refractivity contribution in [2.24, 2.45) is 0 Å². The fourth-order valence-electron chi connectivity index (χ4n) is 2.47. The highest BCUT2D eigenvalue weighted by molar-refractivity contribution is 5.82. The van der Waals surface area contributed by atoms with Crippen LogP contribution in [0.2, 0.25) is 0 Å². The molecule has 1 aliphatic heterocycles. The molecule has 15 heavy (non-hydrogen) atoms. The smallest absolute Gasteiger partial charge is 0.238 e. The number of carbonyl (C=O) groups is 1. The van der Waals surface area contributed by atoms with Crippen molar-refractivity contribution in [2.75, 3.05) is 26.7 Å². The Hall–Kier alpha value is -0.610. The fraction of sp³-hybridized carbons (Fsp3) is 0.909. The first kappa shape index (κ1) is 10.9. The summed E-state index contributed by atoms with van der Waals surface area (Å²) in [6, 6.07) is 0.465. The third-order valence-electron chi connectivity index (χ3n) is 3.52. The fourth-order valence-corrected chi connectivity index (χ4v) is 2.47. The summed E-state index contributed by atoms with van der Waals surface area (Å²) in [5.74, 6) is 0.205. The Balaban J connectivity index is 1.83. The predicted octanol–water partition coefficient (Wildman–Crippen LogP) is -0.0512. The van der Waals surface area contributed by atoms with Gasteiger partial charge < -0.3 is 10.6 Å². The van der Waals surface area contributed by atoms with Gasteiger partial charge in [0, 0.05) is 25.7 Å². The highest BCUT2D eigenvalue weighted by Gasteiger charge is 2.27. The SMILES string of the molecule is CN1CCNCC1C(=O)NC1CCCC1. The van der Waals surface area contributed by atoms with Crippen LogP contribution >= 0.6 is 0 Å². The molecule has 0 spiro atoms. The van der Waals surface area contributed by atoms with Crippen LogP contribution in [0.1, 0.15) is 25.7 Å². The molecule has 1 saturated carbocycles. The van der Waals surface area contributed by atoms with Gasteiger partial charge in [-0.2, -0.15) is 0 Å². The van der Waals surface area contributed by atoms with E-state index >= 15 is 0 Å². The van der Waals surface area contributed by atoms with Crippen LogP contribution in [0.4, 0.5) is 0 Å². The highest BCUT2D eigenvalue weighted by Crippen LogP contribution is 2.17. The van der Waals surface area contributed by atoms with Gasteiger partial charge in [-0.05, 0) is 19.9 Å². The van der Waals surface area contributed by atoms with Gasteiger partial charge in [0.15, 0.2) is 0 Å². The summed E-state index contributed by atoms with van der Waals surface area (Å²) in [5.41, 5.74) is 0. The maximum atomic E-state index is 12.0. The number of nitrogens with one attached hydrogen (secondary N) is 2. The van der Waals surface area contributed by atoms with E-state index in [1.165, 1.54) is 12.8 Å². The summed E-state index contributed by atoms with van der Waals surface area (Å²) in [7, 11) is 2.03. The topological polar surface area (TPSA) is 44.4 Å². The van der Waals surface area contributed by atoms with Gasteiger partial charge in [-0.1, -0.05) is 12.8 Å². The second-order valence-corrected chi connectivity index (χ2v) is 4.69. The average Bonchev–Trinajstić information content (AvgIpc) is 2.71. The Morgan fingerprint density at radius 3 is 2.80 bits per heavy atom. The molecule has 1 heterocycles. The summed E-state index contributed by atoms with van der Waals surface area (Å²) in [5, 5.41) is 6.43. The summed E-state index contributed by atoms with van der Waals surface area (Å²) in [4.78, 5) is 14.1. The Kier molecular flexibility index (Phi) is 3.59. The predicted molar refractivity (Wildman–Crippen MR) is 59.7 cm³/mol. The number of carbonyl (C=O) groups excluding carboxylic acids is 1. The monoisotopic (exact) mass is 211 g/mol. The molecule has 1 atom stereocenters. The minimum atomic E-state index is 0.0272. The van der Waals surface area contributed by atoms with Crippen molar-refractivity contribution in [3.8, 4) is 0 Å². The highest BCUT2D eigenvalue weighted by atomic mass is 16.2. The van der Waals surface area contributed by atoms with Crippen LogP contribution in [-0.2, 0) is 4.79 Å². The second-order valence-electron chi connectivity index (χ2n) is 4.69. The van der Waals surface area contributed by atoms with Crippen LogP contribution in [-0.4, -0.2) is 49.6 Å². The summed E-state index contributed by atoms with van der Waals surface area (Å²) >= 11 is 0. The molecule has 1 aliphatic carbocycles. The molecule has 1 saturated heterocycles. The normalized spacial score (nSPS) is 29.3.